The Morgan fingerprint density at radius 2 is 1.80 bits per heavy atom. The van der Waals surface area contributed by atoms with Gasteiger partial charge in [0.25, 0.3) is 0 Å². The highest BCUT2D eigenvalue weighted by atomic mass is 16.3. The van der Waals surface area contributed by atoms with E-state index in [1.165, 1.54) is 24.0 Å². The predicted octanol–water partition coefficient (Wildman–Crippen LogP) is 3.39. The Morgan fingerprint density at radius 1 is 1.05 bits per heavy atom. The first-order chi connectivity index (χ1) is 9.88. The van der Waals surface area contributed by atoms with Crippen molar-refractivity contribution in [3.8, 4) is 0 Å². The number of fused-ring (bicyclic) bond motifs is 1. The van der Waals surface area contributed by atoms with E-state index in [1.807, 2.05) is 18.2 Å². The van der Waals surface area contributed by atoms with Gasteiger partial charge >= 0.3 is 0 Å². The van der Waals surface area contributed by atoms with Gasteiger partial charge in [-0.05, 0) is 36.0 Å². The Balaban J connectivity index is 1.81. The minimum absolute atomic E-state index is 0.00681. The molecule has 0 aliphatic heterocycles. The van der Waals surface area contributed by atoms with Crippen molar-refractivity contribution < 1.29 is 5.11 Å². The molecule has 20 heavy (non-hydrogen) atoms. The second kappa shape index (κ2) is 6.21. The van der Waals surface area contributed by atoms with Crippen molar-refractivity contribution in [2.45, 2.75) is 31.3 Å². The number of nitrogens with one attached hydrogen (secondary N) is 1. The van der Waals surface area contributed by atoms with Crippen LogP contribution in [0.4, 0.5) is 0 Å². The number of aliphatic hydroxyl groups is 1. The molecule has 0 bridgehead atoms. The number of rotatable bonds is 4. The lowest BCUT2D eigenvalue weighted by atomic mass is 9.87. The molecule has 2 atom stereocenters. The molecule has 3 rings (SSSR count). The largest absolute Gasteiger partial charge is 0.394 e. The molecule has 2 N–H and O–H groups in total. The molecule has 104 valence electrons. The molecule has 2 nitrogen and oxygen atoms in total. The van der Waals surface area contributed by atoms with E-state index in [-0.39, 0.29) is 12.6 Å². The molecule has 0 spiro atoms. The average Bonchev–Trinajstić information content (AvgIpc) is 2.53. The quantitative estimate of drug-likeness (QED) is 0.890. The summed E-state index contributed by atoms with van der Waals surface area (Å²) in [6.07, 6.45) is 3.52. The molecule has 2 aromatic rings. The van der Waals surface area contributed by atoms with Crippen LogP contribution in [-0.4, -0.2) is 11.7 Å². The number of aliphatic hydroxyl groups excluding tert-OH is 1. The molecule has 0 saturated heterocycles. The Bertz CT molecular complexity index is 552. The third-order valence-electron chi connectivity index (χ3n) is 4.16. The van der Waals surface area contributed by atoms with Gasteiger partial charge in [0.15, 0.2) is 0 Å². The Kier molecular flexibility index (Phi) is 4.14. The van der Waals surface area contributed by atoms with Crippen molar-refractivity contribution in [2.75, 3.05) is 6.61 Å². The Morgan fingerprint density at radius 3 is 2.60 bits per heavy atom. The second-order valence-electron chi connectivity index (χ2n) is 5.46. The number of benzene rings is 2. The van der Waals surface area contributed by atoms with Crippen molar-refractivity contribution in [3.63, 3.8) is 0 Å². The van der Waals surface area contributed by atoms with Gasteiger partial charge in [-0.2, -0.15) is 0 Å². The maximum atomic E-state index is 9.70. The van der Waals surface area contributed by atoms with E-state index in [1.54, 1.807) is 0 Å². The fourth-order valence-corrected chi connectivity index (χ4v) is 3.11. The van der Waals surface area contributed by atoms with Crippen LogP contribution in [0, 0.1) is 0 Å². The van der Waals surface area contributed by atoms with Crippen molar-refractivity contribution in [3.05, 3.63) is 71.3 Å². The topological polar surface area (TPSA) is 32.3 Å². The first kappa shape index (κ1) is 13.3. The molecule has 0 saturated carbocycles. The average molecular weight is 267 g/mol. The third-order valence-corrected chi connectivity index (χ3v) is 4.16. The number of aryl methyl sites for hydroxylation is 1. The molecule has 0 fully saturated rings. The van der Waals surface area contributed by atoms with Gasteiger partial charge < -0.3 is 10.4 Å². The van der Waals surface area contributed by atoms with Gasteiger partial charge in [-0.3, -0.25) is 0 Å². The third kappa shape index (κ3) is 2.77. The van der Waals surface area contributed by atoms with Gasteiger partial charge in [-0.25, -0.2) is 0 Å². The molecule has 0 aromatic heterocycles. The van der Waals surface area contributed by atoms with Crippen LogP contribution in [0.25, 0.3) is 0 Å². The number of hydrogen-bond donors (Lipinski definition) is 2. The van der Waals surface area contributed by atoms with Crippen molar-refractivity contribution >= 4 is 0 Å². The summed E-state index contributed by atoms with van der Waals surface area (Å²) in [5.41, 5.74) is 3.99. The standard InChI is InChI=1S/C18H21NO/c20-13-18(15-8-2-1-3-9-15)19-17-12-6-10-14-7-4-5-11-16(14)17/h1-5,7-9,11,17-20H,6,10,12-13H2/t17?,18-/m0/s1. The highest BCUT2D eigenvalue weighted by molar-refractivity contribution is 5.32. The van der Waals surface area contributed by atoms with Gasteiger partial charge in [-0.15, -0.1) is 0 Å². The van der Waals surface area contributed by atoms with E-state index in [9.17, 15) is 5.11 Å². The summed E-state index contributed by atoms with van der Waals surface area (Å²) in [5.74, 6) is 0. The molecule has 1 aliphatic carbocycles. The monoisotopic (exact) mass is 267 g/mol. The van der Waals surface area contributed by atoms with E-state index in [0.29, 0.717) is 6.04 Å². The Hall–Kier alpha value is -1.64. The molecule has 1 unspecified atom stereocenters. The zero-order chi connectivity index (χ0) is 13.8. The zero-order valence-electron chi connectivity index (χ0n) is 11.6. The molecule has 0 radical (unpaired) electrons. The van der Waals surface area contributed by atoms with Crippen LogP contribution in [0.3, 0.4) is 0 Å². The first-order valence-corrected chi connectivity index (χ1v) is 7.38. The minimum atomic E-state index is 0.00681. The number of hydrogen-bond acceptors (Lipinski definition) is 2. The minimum Gasteiger partial charge on any atom is -0.394 e. The molecule has 0 heterocycles. The van der Waals surface area contributed by atoms with Gasteiger partial charge in [0.05, 0.1) is 12.6 Å². The molecule has 2 aromatic carbocycles. The highest BCUT2D eigenvalue weighted by Gasteiger charge is 2.22. The fourth-order valence-electron chi connectivity index (χ4n) is 3.11. The molecule has 1 aliphatic rings. The summed E-state index contributed by atoms with van der Waals surface area (Å²) in [6.45, 7) is 0.128. The second-order valence-corrected chi connectivity index (χ2v) is 5.46. The van der Waals surface area contributed by atoms with Crippen LogP contribution < -0.4 is 5.32 Å². The summed E-state index contributed by atoms with van der Waals surface area (Å²) in [6, 6.07) is 19.2. The maximum Gasteiger partial charge on any atom is 0.0626 e. The SMILES string of the molecule is OC[C@H](NC1CCCc2ccccc21)c1ccccc1. The van der Waals surface area contributed by atoms with Crippen LogP contribution in [0.5, 0.6) is 0 Å². The summed E-state index contributed by atoms with van der Waals surface area (Å²) < 4.78 is 0. The summed E-state index contributed by atoms with van der Waals surface area (Å²) in [4.78, 5) is 0. The molecule has 0 amide bonds. The van der Waals surface area contributed by atoms with Gasteiger partial charge in [0.1, 0.15) is 0 Å². The van der Waals surface area contributed by atoms with E-state index in [2.05, 4.69) is 41.7 Å². The van der Waals surface area contributed by atoms with Gasteiger partial charge in [0.2, 0.25) is 0 Å². The van der Waals surface area contributed by atoms with Crippen LogP contribution >= 0.6 is 0 Å². The lowest BCUT2D eigenvalue weighted by molar-refractivity contribution is 0.228. The summed E-state index contributed by atoms with van der Waals surface area (Å²) >= 11 is 0. The first-order valence-electron chi connectivity index (χ1n) is 7.38. The molecule has 2 heteroatoms. The van der Waals surface area contributed by atoms with Crippen molar-refractivity contribution in [2.24, 2.45) is 0 Å². The van der Waals surface area contributed by atoms with Crippen molar-refractivity contribution in [1.82, 2.24) is 5.32 Å². The fraction of sp³-hybridized carbons (Fsp3) is 0.333. The lowest BCUT2D eigenvalue weighted by Gasteiger charge is -2.30. The van der Waals surface area contributed by atoms with E-state index in [4.69, 9.17) is 0 Å². The van der Waals surface area contributed by atoms with E-state index < -0.39 is 0 Å². The van der Waals surface area contributed by atoms with Crippen LogP contribution in [0.1, 0.15) is 41.6 Å². The summed E-state index contributed by atoms with van der Waals surface area (Å²) in [7, 11) is 0. The van der Waals surface area contributed by atoms with Crippen LogP contribution in [-0.2, 0) is 6.42 Å². The van der Waals surface area contributed by atoms with Crippen LogP contribution in [0.2, 0.25) is 0 Å². The zero-order valence-corrected chi connectivity index (χ0v) is 11.6. The molecular formula is C18H21NO. The lowest BCUT2D eigenvalue weighted by Crippen LogP contribution is -2.31. The smallest absolute Gasteiger partial charge is 0.0626 e. The predicted molar refractivity (Wildman–Crippen MR) is 81.5 cm³/mol. The van der Waals surface area contributed by atoms with E-state index in [0.717, 1.165) is 12.0 Å². The maximum absolute atomic E-state index is 9.70. The Labute approximate surface area is 120 Å². The summed E-state index contributed by atoms with van der Waals surface area (Å²) in [5, 5.41) is 13.3. The van der Waals surface area contributed by atoms with Crippen LogP contribution in [0.15, 0.2) is 54.6 Å². The van der Waals surface area contributed by atoms with Gasteiger partial charge in [-0.1, -0.05) is 54.6 Å². The normalized spacial score (nSPS) is 19.4. The van der Waals surface area contributed by atoms with E-state index >= 15 is 0 Å². The van der Waals surface area contributed by atoms with Crippen molar-refractivity contribution in [1.29, 1.82) is 0 Å². The highest BCUT2D eigenvalue weighted by Crippen LogP contribution is 2.31. The molecular weight excluding hydrogens is 246 g/mol. The van der Waals surface area contributed by atoms with Gasteiger partial charge in [0, 0.05) is 6.04 Å².